The molecule has 122 valence electrons. The Morgan fingerprint density at radius 2 is 2.10 bits per heavy atom. The lowest BCUT2D eigenvalue weighted by atomic mass is 9.78. The van der Waals surface area contributed by atoms with Gasteiger partial charge in [0, 0.05) is 12.1 Å². The highest BCUT2D eigenvalue weighted by Gasteiger charge is 2.38. The van der Waals surface area contributed by atoms with Crippen molar-refractivity contribution in [2.75, 3.05) is 13.1 Å². The highest BCUT2D eigenvalue weighted by atomic mass is 15.2. The first-order chi connectivity index (χ1) is 10.1. The summed E-state index contributed by atoms with van der Waals surface area (Å²) < 4.78 is 0. The zero-order chi connectivity index (χ0) is 15.7. The molecule has 1 aliphatic rings. The van der Waals surface area contributed by atoms with Crippen LogP contribution < -0.4 is 5.32 Å². The predicted molar refractivity (Wildman–Crippen MR) is 90.3 cm³/mol. The first-order valence-electron chi connectivity index (χ1n) is 9.04. The monoisotopic (exact) mass is 293 g/mol. The van der Waals surface area contributed by atoms with Gasteiger partial charge in [-0.3, -0.25) is 10.2 Å². The van der Waals surface area contributed by atoms with Crippen LogP contribution in [0.15, 0.2) is 0 Å². The van der Waals surface area contributed by atoms with Crippen LogP contribution in [-0.2, 0) is 0 Å². The van der Waals surface area contributed by atoms with Gasteiger partial charge < -0.3 is 0 Å². The Balaban J connectivity index is 2.76. The number of hydrogen-bond donors (Lipinski definition) is 1. The molecular formula is C18H35N3. The van der Waals surface area contributed by atoms with Gasteiger partial charge >= 0.3 is 0 Å². The second kappa shape index (κ2) is 9.43. The van der Waals surface area contributed by atoms with E-state index in [4.69, 9.17) is 0 Å². The SMILES string of the molecule is CCCCN(C(C)CC)C1CCCC(C#N)(NCCC)C1. The molecule has 0 amide bonds. The molecule has 21 heavy (non-hydrogen) atoms. The van der Waals surface area contributed by atoms with Crippen molar-refractivity contribution in [1.29, 1.82) is 5.26 Å². The van der Waals surface area contributed by atoms with Crippen LogP contribution in [0.4, 0.5) is 0 Å². The van der Waals surface area contributed by atoms with Crippen molar-refractivity contribution in [3.05, 3.63) is 0 Å². The Morgan fingerprint density at radius 3 is 2.67 bits per heavy atom. The van der Waals surface area contributed by atoms with E-state index in [2.05, 4.69) is 44.0 Å². The third-order valence-electron chi connectivity index (χ3n) is 5.05. The standard InChI is InChI=1S/C18H35N3/c1-5-8-13-21(16(4)7-3)17-10-9-11-18(14-17,15-19)20-12-6-2/h16-17,20H,5-14H2,1-4H3. The molecule has 0 aromatic carbocycles. The molecule has 0 radical (unpaired) electrons. The first kappa shape index (κ1) is 18.5. The fraction of sp³-hybridized carbons (Fsp3) is 0.944. The molecule has 0 saturated heterocycles. The second-order valence-corrected chi connectivity index (χ2v) is 6.72. The van der Waals surface area contributed by atoms with Crippen LogP contribution in [0, 0.1) is 11.3 Å². The summed E-state index contributed by atoms with van der Waals surface area (Å²) in [6.07, 6.45) is 9.25. The first-order valence-corrected chi connectivity index (χ1v) is 9.04. The number of rotatable bonds is 9. The highest BCUT2D eigenvalue weighted by molar-refractivity contribution is 5.11. The maximum atomic E-state index is 9.71. The van der Waals surface area contributed by atoms with Crippen LogP contribution in [0.5, 0.6) is 0 Å². The summed E-state index contributed by atoms with van der Waals surface area (Å²) in [5.41, 5.74) is -0.281. The summed E-state index contributed by atoms with van der Waals surface area (Å²) in [5.74, 6) is 0. The van der Waals surface area contributed by atoms with Gasteiger partial charge in [0.05, 0.1) is 6.07 Å². The van der Waals surface area contributed by atoms with Crippen molar-refractivity contribution >= 4 is 0 Å². The Kier molecular flexibility index (Phi) is 8.29. The van der Waals surface area contributed by atoms with Crippen LogP contribution in [0.25, 0.3) is 0 Å². The Morgan fingerprint density at radius 1 is 1.33 bits per heavy atom. The van der Waals surface area contributed by atoms with E-state index >= 15 is 0 Å². The third kappa shape index (κ3) is 5.27. The molecule has 3 nitrogen and oxygen atoms in total. The van der Waals surface area contributed by atoms with Gasteiger partial charge in [0.25, 0.3) is 0 Å². The van der Waals surface area contributed by atoms with E-state index in [0.717, 1.165) is 25.8 Å². The molecule has 1 rings (SSSR count). The van der Waals surface area contributed by atoms with E-state index in [9.17, 15) is 5.26 Å². The van der Waals surface area contributed by atoms with E-state index in [1.54, 1.807) is 0 Å². The van der Waals surface area contributed by atoms with Crippen molar-refractivity contribution < 1.29 is 0 Å². The fourth-order valence-corrected chi connectivity index (χ4v) is 3.53. The Hall–Kier alpha value is -0.590. The normalized spacial score (nSPS) is 27.5. The zero-order valence-electron chi connectivity index (χ0n) is 14.6. The maximum Gasteiger partial charge on any atom is 0.108 e. The van der Waals surface area contributed by atoms with Crippen molar-refractivity contribution in [1.82, 2.24) is 10.2 Å². The topological polar surface area (TPSA) is 39.1 Å². The van der Waals surface area contributed by atoms with Gasteiger partial charge in [-0.1, -0.05) is 27.2 Å². The van der Waals surface area contributed by atoms with Gasteiger partial charge in [0.1, 0.15) is 5.54 Å². The Labute approximate surface area is 132 Å². The van der Waals surface area contributed by atoms with E-state index in [1.807, 2.05) is 0 Å². The molecule has 0 aromatic heterocycles. The smallest absolute Gasteiger partial charge is 0.108 e. The van der Waals surface area contributed by atoms with Crippen molar-refractivity contribution in [2.45, 2.75) is 96.7 Å². The molecule has 0 aromatic rings. The summed E-state index contributed by atoms with van der Waals surface area (Å²) in [6, 6.07) is 3.81. The summed E-state index contributed by atoms with van der Waals surface area (Å²) >= 11 is 0. The molecule has 1 saturated carbocycles. The van der Waals surface area contributed by atoms with Crippen molar-refractivity contribution in [3.8, 4) is 6.07 Å². The van der Waals surface area contributed by atoms with Crippen LogP contribution in [0.2, 0.25) is 0 Å². The fourth-order valence-electron chi connectivity index (χ4n) is 3.53. The van der Waals surface area contributed by atoms with Gasteiger partial charge in [0.2, 0.25) is 0 Å². The molecule has 0 heterocycles. The lowest BCUT2D eigenvalue weighted by Gasteiger charge is -2.44. The van der Waals surface area contributed by atoms with Gasteiger partial charge in [0.15, 0.2) is 0 Å². The van der Waals surface area contributed by atoms with Gasteiger partial charge in [-0.25, -0.2) is 0 Å². The molecule has 0 bridgehead atoms. The van der Waals surface area contributed by atoms with E-state index in [1.165, 1.54) is 38.6 Å². The second-order valence-electron chi connectivity index (χ2n) is 6.72. The minimum atomic E-state index is -0.281. The predicted octanol–water partition coefficient (Wildman–Crippen LogP) is 4.09. The molecule has 3 heteroatoms. The summed E-state index contributed by atoms with van der Waals surface area (Å²) in [7, 11) is 0. The van der Waals surface area contributed by atoms with Crippen LogP contribution in [-0.4, -0.2) is 35.6 Å². The van der Waals surface area contributed by atoms with Gasteiger partial charge in [-0.15, -0.1) is 0 Å². The molecule has 3 atom stereocenters. The molecular weight excluding hydrogens is 258 g/mol. The van der Waals surface area contributed by atoms with E-state index in [-0.39, 0.29) is 5.54 Å². The summed E-state index contributed by atoms with van der Waals surface area (Å²) in [6.45, 7) is 11.2. The average Bonchev–Trinajstić information content (AvgIpc) is 2.53. The minimum Gasteiger partial charge on any atom is -0.299 e. The molecule has 0 aliphatic heterocycles. The van der Waals surface area contributed by atoms with Gasteiger partial charge in [-0.2, -0.15) is 5.26 Å². The molecule has 1 N–H and O–H groups in total. The quantitative estimate of drug-likeness (QED) is 0.696. The van der Waals surface area contributed by atoms with Crippen molar-refractivity contribution in [2.24, 2.45) is 0 Å². The average molecular weight is 293 g/mol. The number of hydrogen-bond acceptors (Lipinski definition) is 3. The zero-order valence-corrected chi connectivity index (χ0v) is 14.6. The highest BCUT2D eigenvalue weighted by Crippen LogP contribution is 2.32. The van der Waals surface area contributed by atoms with E-state index in [0.29, 0.717) is 12.1 Å². The maximum absolute atomic E-state index is 9.71. The van der Waals surface area contributed by atoms with E-state index < -0.39 is 0 Å². The van der Waals surface area contributed by atoms with Crippen molar-refractivity contribution in [3.63, 3.8) is 0 Å². The Bertz CT molecular complexity index is 323. The van der Waals surface area contributed by atoms with Crippen LogP contribution in [0.3, 0.4) is 0 Å². The number of nitriles is 1. The lowest BCUT2D eigenvalue weighted by molar-refractivity contribution is 0.0823. The molecule has 0 spiro atoms. The molecule has 1 aliphatic carbocycles. The number of nitrogens with zero attached hydrogens (tertiary/aromatic N) is 2. The summed E-state index contributed by atoms with van der Waals surface area (Å²) in [4.78, 5) is 2.68. The van der Waals surface area contributed by atoms with Crippen LogP contribution >= 0.6 is 0 Å². The molecule has 1 fully saturated rings. The minimum absolute atomic E-state index is 0.281. The summed E-state index contributed by atoms with van der Waals surface area (Å²) in [5, 5.41) is 13.3. The number of unbranched alkanes of at least 4 members (excludes halogenated alkanes) is 1. The molecule has 3 unspecified atom stereocenters. The van der Waals surface area contributed by atoms with Crippen LogP contribution in [0.1, 0.15) is 79.1 Å². The third-order valence-corrected chi connectivity index (χ3v) is 5.05. The van der Waals surface area contributed by atoms with Gasteiger partial charge in [-0.05, 0) is 65.0 Å². The number of nitrogens with one attached hydrogen (secondary N) is 1. The lowest BCUT2D eigenvalue weighted by Crippen LogP contribution is -2.54. The largest absolute Gasteiger partial charge is 0.299 e.